The summed E-state index contributed by atoms with van der Waals surface area (Å²) in [5.74, 6) is -2.05. The summed E-state index contributed by atoms with van der Waals surface area (Å²) in [7, 11) is 0. The highest BCUT2D eigenvalue weighted by Gasteiger charge is 2.38. The van der Waals surface area contributed by atoms with E-state index in [1.165, 1.54) is 16.7 Å². The molecule has 3 aromatic carbocycles. The lowest BCUT2D eigenvalue weighted by Crippen LogP contribution is -2.31. The predicted octanol–water partition coefficient (Wildman–Crippen LogP) is 6.16. The van der Waals surface area contributed by atoms with E-state index in [4.69, 9.17) is 25.4 Å². The minimum absolute atomic E-state index is 0.0494. The normalized spacial score (nSPS) is 12.7. The van der Waals surface area contributed by atoms with Crippen LogP contribution in [-0.2, 0) is 24.1 Å². The lowest BCUT2D eigenvalue weighted by molar-refractivity contribution is -0.192. The van der Waals surface area contributed by atoms with Gasteiger partial charge in [0.15, 0.2) is 0 Å². The van der Waals surface area contributed by atoms with E-state index in [2.05, 4.69) is 69.5 Å². The van der Waals surface area contributed by atoms with Gasteiger partial charge in [-0.3, -0.25) is 0 Å². The van der Waals surface area contributed by atoms with Crippen LogP contribution in [0.15, 0.2) is 84.4 Å². The Morgan fingerprint density at radius 2 is 1.73 bits per heavy atom. The van der Waals surface area contributed by atoms with Crippen molar-refractivity contribution in [1.29, 1.82) is 0 Å². The summed E-state index contributed by atoms with van der Waals surface area (Å²) in [4.78, 5) is 27.7. The van der Waals surface area contributed by atoms with Crippen LogP contribution in [0.1, 0.15) is 29.8 Å². The Bertz CT molecular complexity index is 1880. The third-order valence-corrected chi connectivity index (χ3v) is 8.90. The van der Waals surface area contributed by atoms with Crippen LogP contribution in [0, 0.1) is 0 Å². The molecule has 268 valence electrons. The van der Waals surface area contributed by atoms with Crippen molar-refractivity contribution in [2.75, 3.05) is 32.8 Å². The SMILES string of the molecule is NCCCCc1cn(-c2ccc(-c3nc(CCc4ccc(-c5ccccc5)cc4)cs3)c(OCCN3CCNC3=O)c2)nn1.O=C(O)C(F)(F)F. The number of nitrogens with two attached hydrogens (primary N) is 1. The number of amides is 2. The number of unbranched alkanes of at least 4 members (excludes halogenated alkanes) is 1. The topological polar surface area (TPSA) is 148 Å². The summed E-state index contributed by atoms with van der Waals surface area (Å²) < 4.78 is 39.8. The van der Waals surface area contributed by atoms with Gasteiger partial charge in [0.05, 0.1) is 35.4 Å². The van der Waals surface area contributed by atoms with E-state index < -0.39 is 12.1 Å². The zero-order valence-corrected chi connectivity index (χ0v) is 28.5. The fourth-order valence-corrected chi connectivity index (χ4v) is 6.13. The number of nitrogens with one attached hydrogen (secondary N) is 1. The molecule has 0 spiro atoms. The molecule has 1 aliphatic rings. The Kier molecular flexibility index (Phi) is 12.8. The van der Waals surface area contributed by atoms with Crippen LogP contribution >= 0.6 is 11.3 Å². The van der Waals surface area contributed by atoms with E-state index >= 15 is 0 Å². The quantitative estimate of drug-likeness (QED) is 0.116. The number of aliphatic carboxylic acids is 1. The van der Waals surface area contributed by atoms with E-state index in [0.717, 1.165) is 59.8 Å². The van der Waals surface area contributed by atoms with Gasteiger partial charge in [0.25, 0.3) is 0 Å². The van der Waals surface area contributed by atoms with Gasteiger partial charge in [-0.15, -0.1) is 16.4 Å². The Morgan fingerprint density at radius 3 is 2.41 bits per heavy atom. The summed E-state index contributed by atoms with van der Waals surface area (Å²) in [5.41, 5.74) is 13.1. The molecule has 15 heteroatoms. The van der Waals surface area contributed by atoms with Crippen molar-refractivity contribution in [1.82, 2.24) is 30.2 Å². The summed E-state index contributed by atoms with van der Waals surface area (Å²) in [5, 5.41) is 21.7. The third-order valence-electron chi connectivity index (χ3n) is 7.98. The van der Waals surface area contributed by atoms with Crippen LogP contribution in [-0.4, -0.2) is 80.9 Å². The number of ether oxygens (including phenoxy) is 1. The van der Waals surface area contributed by atoms with Crippen molar-refractivity contribution in [2.24, 2.45) is 5.73 Å². The molecule has 2 amide bonds. The molecule has 3 heterocycles. The third kappa shape index (κ3) is 10.6. The monoisotopic (exact) mass is 721 g/mol. The van der Waals surface area contributed by atoms with Crippen LogP contribution in [0.2, 0.25) is 0 Å². The minimum atomic E-state index is -5.08. The molecule has 6 rings (SSSR count). The lowest BCUT2D eigenvalue weighted by atomic mass is 10.0. The fourth-order valence-electron chi connectivity index (χ4n) is 5.24. The molecule has 0 bridgehead atoms. The number of aryl methyl sites for hydroxylation is 3. The van der Waals surface area contributed by atoms with Crippen LogP contribution in [0.3, 0.4) is 0 Å². The van der Waals surface area contributed by atoms with Gasteiger partial charge in [-0.1, -0.05) is 59.8 Å². The van der Waals surface area contributed by atoms with Gasteiger partial charge in [-0.05, 0) is 67.5 Å². The maximum atomic E-state index is 12.0. The maximum absolute atomic E-state index is 12.0. The standard InChI is InChI=1S/C34H37N7O2S.C2HF3O2/c35-17-5-4-8-28-23-41(39-38-28)30-15-16-31(32(22-30)43-21-20-40-19-18-36-34(40)42)33-37-29(24-44-33)14-11-25-9-12-27(13-10-25)26-6-2-1-3-7-26;3-2(4,5)1(6)7/h1-3,6-7,9-10,12-13,15-16,22-24H,4-5,8,11,14,17-21,35H2,(H,36,42);(H,6,7). The molecule has 1 fully saturated rings. The first kappa shape index (κ1) is 37.0. The highest BCUT2D eigenvalue weighted by atomic mass is 32.1. The molecule has 0 radical (unpaired) electrons. The largest absolute Gasteiger partial charge is 0.491 e. The van der Waals surface area contributed by atoms with Gasteiger partial charge < -0.3 is 25.8 Å². The number of benzene rings is 3. The lowest BCUT2D eigenvalue weighted by Gasteiger charge is -2.16. The molecule has 1 saturated heterocycles. The Balaban J connectivity index is 0.000000654. The van der Waals surface area contributed by atoms with Gasteiger partial charge in [0.1, 0.15) is 17.4 Å². The first-order valence-electron chi connectivity index (χ1n) is 16.4. The van der Waals surface area contributed by atoms with Crippen LogP contribution < -0.4 is 15.8 Å². The number of aromatic nitrogens is 4. The second kappa shape index (κ2) is 17.6. The second-order valence-electron chi connectivity index (χ2n) is 11.7. The van der Waals surface area contributed by atoms with Gasteiger partial charge >= 0.3 is 18.2 Å². The van der Waals surface area contributed by atoms with Crippen LogP contribution in [0.5, 0.6) is 5.75 Å². The fraction of sp³-hybridized carbons (Fsp3) is 0.306. The molecule has 5 aromatic rings. The van der Waals surface area contributed by atoms with E-state index in [9.17, 15) is 18.0 Å². The molecule has 2 aromatic heterocycles. The average molecular weight is 722 g/mol. The van der Waals surface area contributed by atoms with E-state index in [-0.39, 0.29) is 6.03 Å². The smallest absolute Gasteiger partial charge is 0.490 e. The molecule has 1 aliphatic heterocycles. The number of nitrogens with zero attached hydrogens (tertiary/aromatic N) is 5. The Morgan fingerprint density at radius 1 is 0.980 bits per heavy atom. The van der Waals surface area contributed by atoms with Crippen molar-refractivity contribution in [3.63, 3.8) is 0 Å². The molecular formula is C36H38F3N7O4S. The number of rotatable bonds is 14. The number of alkyl halides is 3. The number of halogens is 3. The van der Waals surface area contributed by atoms with Gasteiger partial charge in [-0.25, -0.2) is 19.3 Å². The first-order chi connectivity index (χ1) is 24.6. The highest BCUT2D eigenvalue weighted by molar-refractivity contribution is 7.13. The second-order valence-corrected chi connectivity index (χ2v) is 12.5. The zero-order chi connectivity index (χ0) is 36.2. The molecular weight excluding hydrogens is 684 g/mol. The van der Waals surface area contributed by atoms with Crippen molar-refractivity contribution >= 4 is 23.3 Å². The molecule has 0 atom stereocenters. The van der Waals surface area contributed by atoms with Crippen molar-refractivity contribution < 1.29 is 32.6 Å². The number of carboxylic acid groups (broad SMARTS) is 1. The van der Waals surface area contributed by atoms with E-state index in [1.54, 1.807) is 20.9 Å². The Hall–Kier alpha value is -5.28. The molecule has 0 unspecified atom stereocenters. The molecule has 11 nitrogen and oxygen atoms in total. The van der Waals surface area contributed by atoms with Crippen molar-refractivity contribution in [3.05, 3.63) is 101 Å². The number of urea groups is 1. The molecule has 51 heavy (non-hydrogen) atoms. The van der Waals surface area contributed by atoms with Gasteiger partial charge in [0, 0.05) is 24.5 Å². The van der Waals surface area contributed by atoms with E-state index in [0.29, 0.717) is 38.5 Å². The maximum Gasteiger partial charge on any atom is 0.490 e. The van der Waals surface area contributed by atoms with Crippen LogP contribution in [0.25, 0.3) is 27.4 Å². The number of carbonyl (C=O) groups is 2. The van der Waals surface area contributed by atoms with E-state index in [1.807, 2.05) is 30.5 Å². The summed E-state index contributed by atoms with van der Waals surface area (Å²) in [6, 6.07) is 25.2. The number of carbonyl (C=O) groups excluding carboxylic acids is 1. The predicted molar refractivity (Wildman–Crippen MR) is 188 cm³/mol. The Labute approximate surface area is 296 Å². The first-order valence-corrected chi connectivity index (χ1v) is 17.3. The van der Waals surface area contributed by atoms with Gasteiger partial charge in [-0.2, -0.15) is 13.2 Å². The summed E-state index contributed by atoms with van der Waals surface area (Å²) in [6.07, 6.45) is 1.43. The number of thiazole rings is 1. The zero-order valence-electron chi connectivity index (χ0n) is 27.7. The van der Waals surface area contributed by atoms with Crippen molar-refractivity contribution in [3.8, 4) is 33.1 Å². The average Bonchev–Trinajstić information content (AvgIpc) is 3.90. The molecule has 4 N–H and O–H groups in total. The van der Waals surface area contributed by atoms with Crippen LogP contribution in [0.4, 0.5) is 18.0 Å². The number of hydrogen-bond acceptors (Lipinski definition) is 8. The summed E-state index contributed by atoms with van der Waals surface area (Å²) >= 11 is 1.62. The van der Waals surface area contributed by atoms with Crippen molar-refractivity contribution in [2.45, 2.75) is 38.3 Å². The minimum Gasteiger partial charge on any atom is -0.491 e. The highest BCUT2D eigenvalue weighted by Crippen LogP contribution is 2.34. The molecule has 0 saturated carbocycles. The molecule has 0 aliphatic carbocycles. The number of hydrogen-bond donors (Lipinski definition) is 3. The van der Waals surface area contributed by atoms with Gasteiger partial charge in [0.2, 0.25) is 0 Å². The summed E-state index contributed by atoms with van der Waals surface area (Å²) in [6.45, 7) is 2.92. The number of carboxylic acids is 1.